The fraction of sp³-hybridized carbons (Fsp3) is 0.400. The number of quaternary nitrogens is 1. The normalized spacial score (nSPS) is 16.2. The lowest BCUT2D eigenvalue weighted by Crippen LogP contribution is -3.15. The van der Waals surface area contributed by atoms with Gasteiger partial charge >= 0.3 is 0 Å². The van der Waals surface area contributed by atoms with Gasteiger partial charge in [-0.05, 0) is 17.7 Å². The highest BCUT2D eigenvalue weighted by Gasteiger charge is 2.30. The molecule has 1 saturated heterocycles. The van der Waals surface area contributed by atoms with Gasteiger partial charge in [0.2, 0.25) is 10.0 Å². The zero-order valence-corrected chi connectivity index (χ0v) is 16.7. The van der Waals surface area contributed by atoms with Gasteiger partial charge < -0.3 is 14.4 Å². The van der Waals surface area contributed by atoms with Crippen molar-refractivity contribution in [3.8, 4) is 11.5 Å². The third-order valence-corrected chi connectivity index (χ3v) is 6.93. The average Bonchev–Trinajstić information content (AvgIpc) is 2.72. The summed E-state index contributed by atoms with van der Waals surface area (Å²) in [6, 6.07) is 15.1. The summed E-state index contributed by atoms with van der Waals surface area (Å²) in [5, 5.41) is 0. The summed E-state index contributed by atoms with van der Waals surface area (Å²) in [7, 11) is -0.491. The van der Waals surface area contributed by atoms with Crippen molar-refractivity contribution in [2.75, 3.05) is 46.9 Å². The van der Waals surface area contributed by atoms with Crippen LogP contribution in [0.3, 0.4) is 0 Å². The summed E-state index contributed by atoms with van der Waals surface area (Å²) in [5.41, 5.74) is 1.32. The number of hydrogen-bond donors (Lipinski definition) is 1. The zero-order valence-electron chi connectivity index (χ0n) is 15.8. The monoisotopic (exact) mass is 391 g/mol. The molecule has 0 aromatic heterocycles. The first kappa shape index (κ1) is 19.7. The molecule has 0 spiro atoms. The van der Waals surface area contributed by atoms with Gasteiger partial charge in [-0.2, -0.15) is 4.31 Å². The van der Waals surface area contributed by atoms with Crippen LogP contribution in [0, 0.1) is 0 Å². The number of benzene rings is 2. The van der Waals surface area contributed by atoms with E-state index in [-0.39, 0.29) is 4.90 Å². The Morgan fingerprint density at radius 1 is 0.963 bits per heavy atom. The van der Waals surface area contributed by atoms with Crippen LogP contribution in [0.1, 0.15) is 5.56 Å². The van der Waals surface area contributed by atoms with Crippen molar-refractivity contribution in [2.24, 2.45) is 0 Å². The third-order valence-electron chi connectivity index (χ3n) is 5.03. The van der Waals surface area contributed by atoms with Crippen molar-refractivity contribution < 1.29 is 22.8 Å². The first-order valence-corrected chi connectivity index (χ1v) is 10.6. The summed E-state index contributed by atoms with van der Waals surface area (Å²) in [6.07, 6.45) is 1.01. The Morgan fingerprint density at radius 2 is 1.63 bits per heavy atom. The van der Waals surface area contributed by atoms with E-state index in [1.807, 2.05) is 6.07 Å². The number of nitrogens with zero attached hydrogens (tertiary/aromatic N) is 1. The second-order valence-electron chi connectivity index (χ2n) is 6.66. The van der Waals surface area contributed by atoms with E-state index in [1.54, 1.807) is 16.4 Å². The summed E-state index contributed by atoms with van der Waals surface area (Å²) in [6.45, 7) is 3.72. The van der Waals surface area contributed by atoms with Crippen LogP contribution in [0.25, 0.3) is 0 Å². The summed E-state index contributed by atoms with van der Waals surface area (Å²) >= 11 is 0. The van der Waals surface area contributed by atoms with Crippen molar-refractivity contribution in [3.63, 3.8) is 0 Å². The molecule has 1 aliphatic heterocycles. The Bertz CT molecular complexity index is 848. The molecule has 0 aliphatic carbocycles. The molecular weight excluding hydrogens is 364 g/mol. The molecule has 1 heterocycles. The average molecular weight is 392 g/mol. The van der Waals surface area contributed by atoms with Crippen molar-refractivity contribution in [1.29, 1.82) is 0 Å². The molecule has 0 bridgehead atoms. The van der Waals surface area contributed by atoms with Gasteiger partial charge in [-0.25, -0.2) is 8.42 Å². The fourth-order valence-corrected chi connectivity index (χ4v) is 4.84. The van der Waals surface area contributed by atoms with Crippen LogP contribution in [0.15, 0.2) is 53.4 Å². The van der Waals surface area contributed by atoms with Crippen LogP contribution < -0.4 is 14.4 Å². The van der Waals surface area contributed by atoms with Gasteiger partial charge in [0.1, 0.15) is 0 Å². The molecule has 1 fully saturated rings. The Hall–Kier alpha value is -2.09. The number of hydrogen-bond acceptors (Lipinski definition) is 4. The number of methoxy groups -OCH3 is 2. The molecule has 1 aliphatic rings. The van der Waals surface area contributed by atoms with Gasteiger partial charge in [0.15, 0.2) is 11.5 Å². The molecule has 3 rings (SSSR count). The molecule has 6 nitrogen and oxygen atoms in total. The van der Waals surface area contributed by atoms with E-state index in [0.717, 1.165) is 26.1 Å². The molecule has 2 aromatic rings. The maximum absolute atomic E-state index is 13.0. The van der Waals surface area contributed by atoms with Crippen LogP contribution in [0.2, 0.25) is 0 Å². The van der Waals surface area contributed by atoms with Crippen LogP contribution >= 0.6 is 0 Å². The Balaban J connectivity index is 1.61. The van der Waals surface area contributed by atoms with Gasteiger partial charge in [0.05, 0.1) is 51.8 Å². The first-order valence-electron chi connectivity index (χ1n) is 9.14. The number of piperazine rings is 1. The first-order chi connectivity index (χ1) is 13.0. The van der Waals surface area contributed by atoms with Crippen molar-refractivity contribution >= 4 is 10.0 Å². The predicted octanol–water partition coefficient (Wildman–Crippen LogP) is 0.836. The maximum Gasteiger partial charge on any atom is 0.243 e. The van der Waals surface area contributed by atoms with E-state index in [1.165, 1.54) is 30.7 Å². The molecule has 0 saturated carbocycles. The van der Waals surface area contributed by atoms with E-state index >= 15 is 0 Å². The zero-order chi connectivity index (χ0) is 19.3. The van der Waals surface area contributed by atoms with Gasteiger partial charge in [0.25, 0.3) is 0 Å². The lowest BCUT2D eigenvalue weighted by atomic mass is 10.1. The van der Waals surface area contributed by atoms with Gasteiger partial charge in [-0.1, -0.05) is 30.3 Å². The molecule has 0 radical (unpaired) electrons. The number of nitrogens with one attached hydrogen (secondary N) is 1. The highest BCUT2D eigenvalue weighted by Crippen LogP contribution is 2.30. The fourth-order valence-electron chi connectivity index (χ4n) is 3.38. The Labute approximate surface area is 161 Å². The minimum Gasteiger partial charge on any atom is -0.493 e. The molecule has 146 valence electrons. The highest BCUT2D eigenvalue weighted by atomic mass is 32.2. The molecule has 0 unspecified atom stereocenters. The second kappa shape index (κ2) is 8.73. The van der Waals surface area contributed by atoms with Crippen LogP contribution in [-0.2, 0) is 16.4 Å². The minimum absolute atomic E-state index is 0.243. The van der Waals surface area contributed by atoms with E-state index in [2.05, 4.69) is 24.3 Å². The van der Waals surface area contributed by atoms with Crippen molar-refractivity contribution in [1.82, 2.24) is 4.31 Å². The van der Waals surface area contributed by atoms with Gasteiger partial charge in [0, 0.05) is 12.5 Å². The molecule has 27 heavy (non-hydrogen) atoms. The maximum atomic E-state index is 13.0. The number of ether oxygens (including phenoxy) is 2. The third kappa shape index (κ3) is 4.61. The van der Waals surface area contributed by atoms with E-state index in [4.69, 9.17) is 9.47 Å². The SMILES string of the molecule is COc1ccc(S(=O)(=O)N2CC[NH+](CCc3ccccc3)CC2)cc1OC. The number of sulfonamides is 1. The van der Waals surface area contributed by atoms with Crippen molar-refractivity contribution in [2.45, 2.75) is 11.3 Å². The van der Waals surface area contributed by atoms with Gasteiger partial charge in [-0.3, -0.25) is 0 Å². The lowest BCUT2D eigenvalue weighted by Gasteiger charge is -2.31. The van der Waals surface area contributed by atoms with Crippen molar-refractivity contribution in [3.05, 3.63) is 54.1 Å². The lowest BCUT2D eigenvalue weighted by molar-refractivity contribution is -0.903. The molecule has 7 heteroatoms. The van der Waals surface area contributed by atoms with Gasteiger partial charge in [-0.15, -0.1) is 0 Å². The van der Waals surface area contributed by atoms with E-state index < -0.39 is 10.0 Å². The molecule has 0 atom stereocenters. The van der Waals surface area contributed by atoms with Crippen LogP contribution in [0.5, 0.6) is 11.5 Å². The molecule has 1 N–H and O–H groups in total. The summed E-state index contributed by atoms with van der Waals surface area (Å²) in [5.74, 6) is 0.942. The minimum atomic E-state index is -3.53. The summed E-state index contributed by atoms with van der Waals surface area (Å²) in [4.78, 5) is 1.69. The quantitative estimate of drug-likeness (QED) is 0.760. The van der Waals surface area contributed by atoms with E-state index in [9.17, 15) is 8.42 Å². The van der Waals surface area contributed by atoms with Crippen LogP contribution in [0.4, 0.5) is 0 Å². The second-order valence-corrected chi connectivity index (χ2v) is 8.59. The molecule has 2 aromatic carbocycles. The highest BCUT2D eigenvalue weighted by molar-refractivity contribution is 7.89. The largest absolute Gasteiger partial charge is 0.493 e. The van der Waals surface area contributed by atoms with Crippen LogP contribution in [-0.4, -0.2) is 59.7 Å². The standard InChI is InChI=1S/C20H26N2O4S/c1-25-19-9-8-18(16-20(19)26-2)27(23,24)22-14-12-21(13-15-22)11-10-17-6-4-3-5-7-17/h3-9,16H,10-15H2,1-2H3/p+1. The Morgan fingerprint density at radius 3 is 2.26 bits per heavy atom. The molecular formula is C20H27N2O4S+. The Kier molecular flexibility index (Phi) is 6.36. The smallest absolute Gasteiger partial charge is 0.243 e. The number of rotatable bonds is 7. The van der Waals surface area contributed by atoms with E-state index in [0.29, 0.717) is 24.6 Å². The topological polar surface area (TPSA) is 60.3 Å². The predicted molar refractivity (Wildman–Crippen MR) is 104 cm³/mol. The molecule has 0 amide bonds. The summed E-state index contributed by atoms with van der Waals surface area (Å²) < 4.78 is 37.9.